The number of para-hydroxylation sites is 1. The summed E-state index contributed by atoms with van der Waals surface area (Å²) in [5, 5.41) is 7.72. The zero-order valence-corrected chi connectivity index (χ0v) is 13.8. The van der Waals surface area contributed by atoms with E-state index in [9.17, 15) is 4.79 Å². The van der Waals surface area contributed by atoms with Gasteiger partial charge in [-0.1, -0.05) is 25.1 Å². The molecule has 1 atom stereocenters. The minimum atomic E-state index is -0.333. The van der Waals surface area contributed by atoms with Crippen molar-refractivity contribution in [2.75, 3.05) is 13.1 Å². The molecule has 1 aliphatic heterocycles. The Kier molecular flexibility index (Phi) is 5.48. The number of nitrogens with one attached hydrogen (secondary N) is 3. The summed E-state index contributed by atoms with van der Waals surface area (Å²) in [5.74, 6) is 0.155. The highest BCUT2D eigenvalue weighted by Gasteiger charge is 2.38. The second kappa shape index (κ2) is 7.16. The van der Waals surface area contributed by atoms with Crippen molar-refractivity contribution >= 4 is 29.2 Å². The molecule has 4 nitrogen and oxygen atoms in total. The number of H-pyrrole nitrogens is 1. The van der Waals surface area contributed by atoms with Crippen LogP contribution in [0.3, 0.4) is 0 Å². The summed E-state index contributed by atoms with van der Waals surface area (Å²) in [6.45, 7) is 3.71. The van der Waals surface area contributed by atoms with Crippen LogP contribution in [0.1, 0.15) is 31.7 Å². The molecular weight excluding hydrogens is 298 g/mol. The van der Waals surface area contributed by atoms with Gasteiger partial charge in [0, 0.05) is 23.6 Å². The minimum Gasteiger partial charge on any atom is -0.361 e. The number of halogens is 1. The second-order valence-electron chi connectivity index (χ2n) is 5.83. The Labute approximate surface area is 137 Å². The molecular formula is C17H24ClN3O. The molecule has 0 radical (unpaired) electrons. The number of fused-ring (bicyclic) bond motifs is 1. The summed E-state index contributed by atoms with van der Waals surface area (Å²) < 4.78 is 0. The van der Waals surface area contributed by atoms with Gasteiger partial charge >= 0.3 is 0 Å². The average Bonchev–Trinajstić information content (AvgIpc) is 3.15. The van der Waals surface area contributed by atoms with E-state index in [1.165, 1.54) is 10.9 Å². The van der Waals surface area contributed by atoms with Crippen molar-refractivity contribution in [1.29, 1.82) is 0 Å². The largest absolute Gasteiger partial charge is 0.361 e. The Bertz CT molecular complexity index is 632. The molecule has 1 amide bonds. The van der Waals surface area contributed by atoms with Gasteiger partial charge in [-0.2, -0.15) is 0 Å². The molecule has 5 heteroatoms. The zero-order chi connectivity index (χ0) is 14.7. The monoisotopic (exact) mass is 321 g/mol. The maximum absolute atomic E-state index is 12.4. The van der Waals surface area contributed by atoms with Crippen molar-refractivity contribution in [3.8, 4) is 0 Å². The van der Waals surface area contributed by atoms with E-state index in [0.29, 0.717) is 6.54 Å². The zero-order valence-electron chi connectivity index (χ0n) is 12.9. The lowest BCUT2D eigenvalue weighted by Crippen LogP contribution is -2.53. The van der Waals surface area contributed by atoms with E-state index >= 15 is 0 Å². The van der Waals surface area contributed by atoms with Gasteiger partial charge < -0.3 is 15.6 Å². The normalized spacial score (nSPS) is 20.8. The van der Waals surface area contributed by atoms with E-state index in [1.54, 1.807) is 0 Å². The number of carbonyl (C=O) groups is 1. The van der Waals surface area contributed by atoms with Crippen molar-refractivity contribution in [1.82, 2.24) is 15.6 Å². The lowest BCUT2D eigenvalue weighted by molar-refractivity contribution is -0.127. The molecule has 3 rings (SSSR count). The van der Waals surface area contributed by atoms with Gasteiger partial charge in [0.2, 0.25) is 5.91 Å². The Balaban J connectivity index is 0.00000176. The smallest absolute Gasteiger partial charge is 0.240 e. The third-order valence-corrected chi connectivity index (χ3v) is 4.64. The predicted molar refractivity (Wildman–Crippen MR) is 92.5 cm³/mol. The first-order valence-corrected chi connectivity index (χ1v) is 7.83. The maximum Gasteiger partial charge on any atom is 0.240 e. The lowest BCUT2D eigenvalue weighted by atomic mass is 9.93. The number of hydrogen-bond donors (Lipinski definition) is 3. The third kappa shape index (κ3) is 3.13. The van der Waals surface area contributed by atoms with Gasteiger partial charge in [0.25, 0.3) is 0 Å². The average molecular weight is 322 g/mol. The van der Waals surface area contributed by atoms with Crippen molar-refractivity contribution in [3.63, 3.8) is 0 Å². The molecule has 1 fully saturated rings. The van der Waals surface area contributed by atoms with E-state index in [-0.39, 0.29) is 23.9 Å². The molecule has 1 aromatic carbocycles. The van der Waals surface area contributed by atoms with E-state index in [1.807, 2.05) is 18.3 Å². The van der Waals surface area contributed by atoms with Crippen LogP contribution in [0.25, 0.3) is 10.9 Å². The standard InChI is InChI=1S/C17H23N3O.ClH/c1-2-17(9-5-10-20-17)16(21)18-11-8-13-12-19-15-7-4-3-6-14(13)15;/h3-4,6-7,12,19-20H,2,5,8-11H2,1H3,(H,18,21);1H. The molecule has 1 aliphatic rings. The van der Waals surface area contributed by atoms with Gasteiger partial charge in [0.05, 0.1) is 5.54 Å². The fourth-order valence-corrected chi connectivity index (χ4v) is 3.28. The number of carbonyl (C=O) groups excluding carboxylic acids is 1. The van der Waals surface area contributed by atoms with Crippen LogP contribution in [0.15, 0.2) is 30.5 Å². The Morgan fingerprint density at radius 2 is 2.18 bits per heavy atom. The number of amides is 1. The maximum atomic E-state index is 12.4. The van der Waals surface area contributed by atoms with E-state index < -0.39 is 0 Å². The lowest BCUT2D eigenvalue weighted by Gasteiger charge is -2.26. The van der Waals surface area contributed by atoms with Crippen molar-refractivity contribution in [2.24, 2.45) is 0 Å². The number of aromatic amines is 1. The third-order valence-electron chi connectivity index (χ3n) is 4.64. The SMILES string of the molecule is CCC1(C(=O)NCCc2c[nH]c3ccccc23)CCCN1.Cl. The van der Waals surface area contributed by atoms with Gasteiger partial charge in [-0.25, -0.2) is 0 Å². The first kappa shape index (κ1) is 16.8. The summed E-state index contributed by atoms with van der Waals surface area (Å²) in [6.07, 6.45) is 5.79. The molecule has 0 aliphatic carbocycles. The summed E-state index contributed by atoms with van der Waals surface area (Å²) >= 11 is 0. The van der Waals surface area contributed by atoms with Crippen LogP contribution in [0, 0.1) is 0 Å². The molecule has 0 spiro atoms. The highest BCUT2D eigenvalue weighted by molar-refractivity contribution is 5.87. The Hall–Kier alpha value is -1.52. The van der Waals surface area contributed by atoms with Gasteiger partial charge in [0.1, 0.15) is 0 Å². The van der Waals surface area contributed by atoms with Gasteiger partial charge in [0.15, 0.2) is 0 Å². The van der Waals surface area contributed by atoms with Crippen LogP contribution in [0.4, 0.5) is 0 Å². The van der Waals surface area contributed by atoms with Gasteiger partial charge in [-0.15, -0.1) is 12.4 Å². The second-order valence-corrected chi connectivity index (χ2v) is 5.83. The van der Waals surface area contributed by atoms with Crippen molar-refractivity contribution < 1.29 is 4.79 Å². The van der Waals surface area contributed by atoms with Crippen LogP contribution in [-0.4, -0.2) is 29.5 Å². The van der Waals surface area contributed by atoms with Crippen LogP contribution >= 0.6 is 12.4 Å². The Morgan fingerprint density at radius 3 is 2.91 bits per heavy atom. The summed E-state index contributed by atoms with van der Waals surface area (Å²) in [7, 11) is 0. The van der Waals surface area contributed by atoms with Crippen molar-refractivity contribution in [3.05, 3.63) is 36.0 Å². The fourth-order valence-electron chi connectivity index (χ4n) is 3.28. The van der Waals surface area contributed by atoms with Crippen LogP contribution < -0.4 is 10.6 Å². The molecule has 3 N–H and O–H groups in total. The molecule has 1 aromatic heterocycles. The minimum absolute atomic E-state index is 0. The topological polar surface area (TPSA) is 56.9 Å². The predicted octanol–water partition coefficient (Wildman–Crippen LogP) is 2.78. The Morgan fingerprint density at radius 1 is 1.36 bits per heavy atom. The number of rotatable bonds is 5. The number of aromatic nitrogens is 1. The van der Waals surface area contributed by atoms with Crippen LogP contribution in [0.5, 0.6) is 0 Å². The van der Waals surface area contributed by atoms with Gasteiger partial charge in [-0.3, -0.25) is 4.79 Å². The fraction of sp³-hybridized carbons (Fsp3) is 0.471. The first-order valence-electron chi connectivity index (χ1n) is 7.83. The van der Waals surface area contributed by atoms with E-state index in [0.717, 1.165) is 37.7 Å². The van der Waals surface area contributed by atoms with E-state index in [4.69, 9.17) is 0 Å². The highest BCUT2D eigenvalue weighted by atomic mass is 35.5. The number of benzene rings is 1. The molecule has 22 heavy (non-hydrogen) atoms. The van der Waals surface area contributed by atoms with Crippen LogP contribution in [-0.2, 0) is 11.2 Å². The molecule has 1 unspecified atom stereocenters. The van der Waals surface area contributed by atoms with Crippen molar-refractivity contribution in [2.45, 2.75) is 38.1 Å². The molecule has 120 valence electrons. The van der Waals surface area contributed by atoms with Crippen LogP contribution in [0.2, 0.25) is 0 Å². The molecule has 0 saturated carbocycles. The quantitative estimate of drug-likeness (QED) is 0.793. The summed E-state index contributed by atoms with van der Waals surface area (Å²) in [6, 6.07) is 8.27. The first-order chi connectivity index (χ1) is 10.2. The highest BCUT2D eigenvalue weighted by Crippen LogP contribution is 2.23. The summed E-state index contributed by atoms with van der Waals surface area (Å²) in [4.78, 5) is 15.7. The van der Waals surface area contributed by atoms with Gasteiger partial charge in [-0.05, 0) is 43.9 Å². The summed E-state index contributed by atoms with van der Waals surface area (Å²) in [5.41, 5.74) is 2.08. The molecule has 1 saturated heterocycles. The molecule has 2 heterocycles. The van der Waals surface area contributed by atoms with E-state index in [2.05, 4.69) is 34.7 Å². The number of hydrogen-bond acceptors (Lipinski definition) is 2. The molecule has 2 aromatic rings. The molecule has 0 bridgehead atoms.